The Kier molecular flexibility index (Phi) is 2.18. The van der Waals surface area contributed by atoms with Crippen molar-refractivity contribution in [2.24, 2.45) is 23.2 Å². The summed E-state index contributed by atoms with van der Waals surface area (Å²) in [5, 5.41) is 0. The Morgan fingerprint density at radius 1 is 1.33 bits per heavy atom. The van der Waals surface area contributed by atoms with Gasteiger partial charge in [0.05, 0.1) is 0 Å². The molecule has 0 aromatic heterocycles. The molecule has 0 unspecified atom stereocenters. The molecule has 0 N–H and O–H groups in total. The molecule has 0 amide bonds. The van der Waals surface area contributed by atoms with Gasteiger partial charge in [0.25, 0.3) is 0 Å². The highest BCUT2D eigenvalue weighted by atomic mass is 32.2. The van der Waals surface area contributed by atoms with Gasteiger partial charge in [-0.1, -0.05) is 13.8 Å². The normalized spacial score (nSPS) is 43.8. The standard InChI is InChI=1S/C11H20S/c1-11(2)9-5-4-8(7-12-3)10(11)6-9/h8-10H,4-7H2,1-3H3/t8-,9-,10+/m0/s1. The van der Waals surface area contributed by atoms with Crippen LogP contribution in [-0.4, -0.2) is 12.0 Å². The van der Waals surface area contributed by atoms with E-state index in [2.05, 4.69) is 20.1 Å². The number of thioether (sulfide) groups is 1. The summed E-state index contributed by atoms with van der Waals surface area (Å²) in [4.78, 5) is 0. The average Bonchev–Trinajstić information content (AvgIpc) is 2.05. The molecule has 0 heterocycles. The molecule has 0 aliphatic heterocycles. The molecule has 0 aromatic rings. The van der Waals surface area contributed by atoms with E-state index < -0.39 is 0 Å². The van der Waals surface area contributed by atoms with E-state index >= 15 is 0 Å². The molecule has 3 aliphatic rings. The van der Waals surface area contributed by atoms with Crippen LogP contribution < -0.4 is 0 Å². The minimum absolute atomic E-state index is 0.693. The predicted octanol–water partition coefficient (Wildman–Crippen LogP) is 3.42. The highest BCUT2D eigenvalue weighted by Crippen LogP contribution is 2.61. The number of rotatable bonds is 2. The van der Waals surface area contributed by atoms with Crippen LogP contribution in [0.5, 0.6) is 0 Å². The van der Waals surface area contributed by atoms with Gasteiger partial charge in [0.2, 0.25) is 0 Å². The van der Waals surface area contributed by atoms with Crippen LogP contribution in [0.3, 0.4) is 0 Å². The van der Waals surface area contributed by atoms with E-state index in [1.807, 2.05) is 11.8 Å². The van der Waals surface area contributed by atoms with E-state index in [-0.39, 0.29) is 0 Å². The molecule has 0 radical (unpaired) electrons. The average molecular weight is 184 g/mol. The van der Waals surface area contributed by atoms with E-state index in [1.54, 1.807) is 0 Å². The summed E-state index contributed by atoms with van der Waals surface area (Å²) >= 11 is 2.04. The fourth-order valence-electron chi connectivity index (χ4n) is 3.38. The highest BCUT2D eigenvalue weighted by Gasteiger charge is 2.53. The van der Waals surface area contributed by atoms with Gasteiger partial charge in [0.15, 0.2) is 0 Å². The molecule has 0 nitrogen and oxygen atoms in total. The molecule has 3 fully saturated rings. The Morgan fingerprint density at radius 3 is 2.58 bits per heavy atom. The summed E-state index contributed by atoms with van der Waals surface area (Å²) in [6, 6.07) is 0. The first-order chi connectivity index (χ1) is 5.66. The second-order valence-electron chi connectivity index (χ2n) is 5.15. The molecular formula is C11H20S. The van der Waals surface area contributed by atoms with Crippen molar-refractivity contribution in [1.29, 1.82) is 0 Å². The molecule has 3 aliphatic carbocycles. The molecule has 0 aromatic carbocycles. The highest BCUT2D eigenvalue weighted by molar-refractivity contribution is 7.98. The van der Waals surface area contributed by atoms with Gasteiger partial charge in [-0.15, -0.1) is 0 Å². The maximum Gasteiger partial charge on any atom is -0.00391 e. The van der Waals surface area contributed by atoms with Crippen LogP contribution in [-0.2, 0) is 0 Å². The predicted molar refractivity (Wildman–Crippen MR) is 56.5 cm³/mol. The summed E-state index contributed by atoms with van der Waals surface area (Å²) in [7, 11) is 0. The third-order valence-corrected chi connectivity index (χ3v) is 5.14. The van der Waals surface area contributed by atoms with Crippen LogP contribution in [0.1, 0.15) is 33.1 Å². The minimum atomic E-state index is 0.693. The quantitative estimate of drug-likeness (QED) is 0.633. The Bertz CT molecular complexity index is 170. The lowest BCUT2D eigenvalue weighted by molar-refractivity contribution is -0.0973. The van der Waals surface area contributed by atoms with Gasteiger partial charge in [-0.05, 0) is 54.4 Å². The molecule has 70 valence electrons. The first kappa shape index (κ1) is 8.93. The fourth-order valence-corrected chi connectivity index (χ4v) is 4.20. The second-order valence-corrected chi connectivity index (χ2v) is 6.06. The van der Waals surface area contributed by atoms with Crippen LogP contribution in [0.15, 0.2) is 0 Å². The van der Waals surface area contributed by atoms with Crippen molar-refractivity contribution in [3.8, 4) is 0 Å². The zero-order valence-electron chi connectivity index (χ0n) is 8.47. The SMILES string of the molecule is CSC[C@@H]1CC[C@H]2C[C@H]1C2(C)C. The van der Waals surface area contributed by atoms with Crippen molar-refractivity contribution in [3.05, 3.63) is 0 Å². The summed E-state index contributed by atoms with van der Waals surface area (Å²) in [6.07, 6.45) is 6.81. The number of hydrogen-bond donors (Lipinski definition) is 0. The van der Waals surface area contributed by atoms with Crippen molar-refractivity contribution >= 4 is 11.8 Å². The third-order valence-electron chi connectivity index (χ3n) is 4.38. The molecule has 3 saturated carbocycles. The summed E-state index contributed by atoms with van der Waals surface area (Å²) < 4.78 is 0. The lowest BCUT2D eigenvalue weighted by Crippen LogP contribution is -2.52. The zero-order valence-corrected chi connectivity index (χ0v) is 9.29. The summed E-state index contributed by atoms with van der Waals surface area (Å²) in [5.74, 6) is 4.57. The molecule has 1 heteroatoms. The van der Waals surface area contributed by atoms with E-state index in [4.69, 9.17) is 0 Å². The van der Waals surface area contributed by atoms with Gasteiger partial charge < -0.3 is 0 Å². The van der Waals surface area contributed by atoms with Crippen molar-refractivity contribution < 1.29 is 0 Å². The van der Waals surface area contributed by atoms with Gasteiger partial charge in [0, 0.05) is 0 Å². The van der Waals surface area contributed by atoms with Crippen LogP contribution in [0.2, 0.25) is 0 Å². The third kappa shape index (κ3) is 1.13. The minimum Gasteiger partial charge on any atom is -0.165 e. The Balaban J connectivity index is 2.01. The van der Waals surface area contributed by atoms with Crippen LogP contribution in [0, 0.1) is 23.2 Å². The molecular weight excluding hydrogens is 164 g/mol. The van der Waals surface area contributed by atoms with Crippen molar-refractivity contribution in [2.75, 3.05) is 12.0 Å². The van der Waals surface area contributed by atoms with E-state index in [0.29, 0.717) is 5.41 Å². The van der Waals surface area contributed by atoms with Crippen molar-refractivity contribution in [3.63, 3.8) is 0 Å². The second kappa shape index (κ2) is 2.94. The maximum atomic E-state index is 2.48. The monoisotopic (exact) mass is 184 g/mol. The van der Waals surface area contributed by atoms with Crippen molar-refractivity contribution in [2.45, 2.75) is 33.1 Å². The number of hydrogen-bond acceptors (Lipinski definition) is 1. The van der Waals surface area contributed by atoms with Gasteiger partial charge in [-0.25, -0.2) is 0 Å². The maximum absolute atomic E-state index is 2.48. The molecule has 0 saturated heterocycles. The van der Waals surface area contributed by atoms with Gasteiger partial charge in [-0.3, -0.25) is 0 Å². The Labute approximate surface area is 80.5 Å². The first-order valence-corrected chi connectivity index (χ1v) is 6.54. The Hall–Kier alpha value is 0.350. The summed E-state index contributed by atoms with van der Waals surface area (Å²) in [6.45, 7) is 4.97. The van der Waals surface area contributed by atoms with Crippen LogP contribution >= 0.6 is 11.8 Å². The first-order valence-electron chi connectivity index (χ1n) is 5.15. The van der Waals surface area contributed by atoms with Crippen molar-refractivity contribution in [1.82, 2.24) is 0 Å². The molecule has 12 heavy (non-hydrogen) atoms. The zero-order chi connectivity index (χ0) is 8.77. The van der Waals surface area contributed by atoms with Gasteiger partial charge >= 0.3 is 0 Å². The lowest BCUT2D eigenvalue weighted by Gasteiger charge is -2.60. The summed E-state index contributed by atoms with van der Waals surface area (Å²) in [5.41, 5.74) is 0.693. The molecule has 3 atom stereocenters. The Morgan fingerprint density at radius 2 is 2.08 bits per heavy atom. The van der Waals surface area contributed by atoms with Gasteiger partial charge in [0.1, 0.15) is 0 Å². The van der Waals surface area contributed by atoms with Crippen LogP contribution in [0.25, 0.3) is 0 Å². The molecule has 2 bridgehead atoms. The van der Waals surface area contributed by atoms with E-state index in [0.717, 1.165) is 17.8 Å². The lowest BCUT2D eigenvalue weighted by atomic mass is 9.46. The van der Waals surface area contributed by atoms with E-state index in [1.165, 1.54) is 25.0 Å². The van der Waals surface area contributed by atoms with Gasteiger partial charge in [-0.2, -0.15) is 11.8 Å². The molecule has 0 spiro atoms. The van der Waals surface area contributed by atoms with E-state index in [9.17, 15) is 0 Å². The largest absolute Gasteiger partial charge is 0.165 e. The molecule has 3 rings (SSSR count). The smallest absolute Gasteiger partial charge is 0.00391 e. The van der Waals surface area contributed by atoms with Crippen LogP contribution in [0.4, 0.5) is 0 Å². The number of fused-ring (bicyclic) bond motifs is 2. The topological polar surface area (TPSA) is 0 Å². The fraction of sp³-hybridized carbons (Fsp3) is 1.00.